The Labute approximate surface area is 119 Å². The topological polar surface area (TPSA) is 17.1 Å². The molecule has 0 spiro atoms. The fraction of sp³-hybridized carbons (Fsp3) is 0.133. The maximum Gasteiger partial charge on any atom is 0.167 e. The number of hydrogen-bond acceptors (Lipinski definition) is 1. The minimum absolute atomic E-state index is 0.0601. The van der Waals surface area contributed by atoms with E-state index in [-0.39, 0.29) is 11.6 Å². The molecule has 0 radical (unpaired) electrons. The van der Waals surface area contributed by atoms with E-state index < -0.39 is 0 Å². The zero-order chi connectivity index (χ0) is 13.1. The minimum atomic E-state index is -0.330. The molecule has 0 aliphatic rings. The van der Waals surface area contributed by atoms with Gasteiger partial charge in [0.1, 0.15) is 5.82 Å². The molecule has 0 amide bonds. The lowest BCUT2D eigenvalue weighted by molar-refractivity contribution is 0.0992. The van der Waals surface area contributed by atoms with Crippen LogP contribution in [0.15, 0.2) is 42.5 Å². The normalized spacial score (nSPS) is 10.4. The van der Waals surface area contributed by atoms with Crippen molar-refractivity contribution in [3.8, 4) is 0 Å². The van der Waals surface area contributed by atoms with Gasteiger partial charge in [0.25, 0.3) is 0 Å². The lowest BCUT2D eigenvalue weighted by Crippen LogP contribution is -2.04. The molecule has 0 aromatic heterocycles. The summed E-state index contributed by atoms with van der Waals surface area (Å²) in [7, 11) is 0. The van der Waals surface area contributed by atoms with Crippen molar-refractivity contribution in [3.63, 3.8) is 0 Å². The fourth-order valence-electron chi connectivity index (χ4n) is 1.66. The van der Waals surface area contributed by atoms with E-state index in [0.717, 1.165) is 9.13 Å². The molecular formula is C15H12FIO. The Hall–Kier alpha value is -1.23. The predicted molar refractivity (Wildman–Crippen MR) is 78.3 cm³/mol. The number of carbonyl (C=O) groups excluding carboxylic acids is 1. The maximum absolute atomic E-state index is 13.4. The quantitative estimate of drug-likeness (QED) is 0.598. The standard InChI is InChI=1S/C15H12FIO/c1-10-2-5-12(9-14(10)16)15(18)8-11-3-6-13(17)7-4-11/h2-7,9H,8H2,1H3. The molecule has 0 heterocycles. The number of hydrogen-bond donors (Lipinski definition) is 0. The van der Waals surface area contributed by atoms with Gasteiger partial charge >= 0.3 is 0 Å². The highest BCUT2D eigenvalue weighted by molar-refractivity contribution is 14.1. The van der Waals surface area contributed by atoms with Gasteiger partial charge in [-0.05, 0) is 58.8 Å². The van der Waals surface area contributed by atoms with Crippen LogP contribution in [-0.2, 0) is 6.42 Å². The summed E-state index contributed by atoms with van der Waals surface area (Å²) in [4.78, 5) is 12.0. The highest BCUT2D eigenvalue weighted by Gasteiger charge is 2.09. The summed E-state index contributed by atoms with van der Waals surface area (Å²) >= 11 is 2.22. The smallest absolute Gasteiger partial charge is 0.167 e. The Kier molecular flexibility index (Phi) is 4.11. The van der Waals surface area contributed by atoms with E-state index in [1.54, 1.807) is 19.1 Å². The Balaban J connectivity index is 2.16. The van der Waals surface area contributed by atoms with Crippen LogP contribution in [0.5, 0.6) is 0 Å². The van der Waals surface area contributed by atoms with Gasteiger partial charge in [0, 0.05) is 15.6 Å². The van der Waals surface area contributed by atoms with Gasteiger partial charge in [0.2, 0.25) is 0 Å². The van der Waals surface area contributed by atoms with E-state index in [2.05, 4.69) is 22.6 Å². The fourth-order valence-corrected chi connectivity index (χ4v) is 2.02. The zero-order valence-corrected chi connectivity index (χ0v) is 12.1. The van der Waals surface area contributed by atoms with Gasteiger partial charge < -0.3 is 0 Å². The molecule has 1 nitrogen and oxygen atoms in total. The summed E-state index contributed by atoms with van der Waals surface area (Å²) < 4.78 is 14.5. The molecule has 0 bridgehead atoms. The van der Waals surface area contributed by atoms with Crippen LogP contribution in [0, 0.1) is 16.3 Å². The van der Waals surface area contributed by atoms with Crippen LogP contribution in [0.1, 0.15) is 21.5 Å². The van der Waals surface area contributed by atoms with Crippen LogP contribution < -0.4 is 0 Å². The number of aryl methyl sites for hydroxylation is 1. The summed E-state index contributed by atoms with van der Waals surface area (Å²) in [5, 5.41) is 0. The van der Waals surface area contributed by atoms with Crippen LogP contribution in [-0.4, -0.2) is 5.78 Å². The van der Waals surface area contributed by atoms with Crippen LogP contribution >= 0.6 is 22.6 Å². The SMILES string of the molecule is Cc1ccc(C(=O)Cc2ccc(I)cc2)cc1F. The molecule has 0 fully saturated rings. The maximum atomic E-state index is 13.4. The van der Waals surface area contributed by atoms with Crippen molar-refractivity contribution >= 4 is 28.4 Å². The predicted octanol–water partition coefficient (Wildman–Crippen LogP) is 4.16. The van der Waals surface area contributed by atoms with Gasteiger partial charge in [-0.2, -0.15) is 0 Å². The zero-order valence-electron chi connectivity index (χ0n) is 9.91. The van der Waals surface area contributed by atoms with E-state index in [9.17, 15) is 9.18 Å². The molecule has 2 rings (SSSR count). The van der Waals surface area contributed by atoms with E-state index in [0.29, 0.717) is 17.5 Å². The molecule has 0 unspecified atom stereocenters. The van der Waals surface area contributed by atoms with E-state index in [1.165, 1.54) is 6.07 Å². The van der Waals surface area contributed by atoms with Crippen molar-refractivity contribution in [2.45, 2.75) is 13.3 Å². The van der Waals surface area contributed by atoms with Crippen molar-refractivity contribution in [3.05, 3.63) is 68.5 Å². The lowest BCUT2D eigenvalue weighted by atomic mass is 10.0. The summed E-state index contributed by atoms with van der Waals surface area (Å²) in [6.45, 7) is 1.68. The van der Waals surface area contributed by atoms with Gasteiger partial charge in [-0.1, -0.05) is 24.3 Å². The summed E-state index contributed by atoms with van der Waals surface area (Å²) in [6, 6.07) is 12.4. The van der Waals surface area contributed by atoms with E-state index >= 15 is 0 Å². The second-order valence-electron chi connectivity index (χ2n) is 4.19. The van der Waals surface area contributed by atoms with Gasteiger partial charge in [-0.25, -0.2) is 4.39 Å². The summed E-state index contributed by atoms with van der Waals surface area (Å²) in [6.07, 6.45) is 0.305. The largest absolute Gasteiger partial charge is 0.294 e. The van der Waals surface area contributed by atoms with Gasteiger partial charge in [0.15, 0.2) is 5.78 Å². The lowest BCUT2D eigenvalue weighted by Gasteiger charge is -2.03. The molecule has 18 heavy (non-hydrogen) atoms. The van der Waals surface area contributed by atoms with E-state index in [4.69, 9.17) is 0 Å². The Bertz CT molecular complexity index is 576. The first kappa shape index (κ1) is 13.2. The molecule has 3 heteroatoms. The highest BCUT2D eigenvalue weighted by Crippen LogP contribution is 2.13. The van der Waals surface area contributed by atoms with Crippen LogP contribution in [0.25, 0.3) is 0 Å². The Morgan fingerprint density at radius 3 is 2.44 bits per heavy atom. The Morgan fingerprint density at radius 2 is 1.83 bits per heavy atom. The van der Waals surface area contributed by atoms with Crippen molar-refractivity contribution in [2.75, 3.05) is 0 Å². The van der Waals surface area contributed by atoms with Crippen LogP contribution in [0.4, 0.5) is 4.39 Å². The van der Waals surface area contributed by atoms with Gasteiger partial charge in [-0.15, -0.1) is 0 Å². The summed E-state index contributed by atoms with van der Waals surface area (Å²) in [5.74, 6) is -0.390. The molecule has 0 saturated carbocycles. The second-order valence-corrected chi connectivity index (χ2v) is 5.44. The molecule has 0 saturated heterocycles. The molecule has 2 aromatic rings. The number of rotatable bonds is 3. The van der Waals surface area contributed by atoms with Crippen molar-refractivity contribution < 1.29 is 9.18 Å². The van der Waals surface area contributed by atoms with Crippen molar-refractivity contribution in [2.24, 2.45) is 0 Å². The number of carbonyl (C=O) groups is 1. The molecule has 92 valence electrons. The molecule has 0 N–H and O–H groups in total. The van der Waals surface area contributed by atoms with Gasteiger partial charge in [-0.3, -0.25) is 4.79 Å². The number of benzene rings is 2. The van der Waals surface area contributed by atoms with Crippen molar-refractivity contribution in [1.29, 1.82) is 0 Å². The number of Topliss-reactive ketones (excluding diaryl/α,β-unsaturated/α-hetero) is 1. The first-order chi connectivity index (χ1) is 8.56. The Morgan fingerprint density at radius 1 is 1.17 bits per heavy atom. The second kappa shape index (κ2) is 5.61. The average Bonchev–Trinajstić information content (AvgIpc) is 2.35. The molecule has 0 atom stereocenters. The number of ketones is 1. The van der Waals surface area contributed by atoms with Crippen molar-refractivity contribution in [1.82, 2.24) is 0 Å². The average molecular weight is 354 g/mol. The van der Waals surface area contributed by atoms with Crippen LogP contribution in [0.2, 0.25) is 0 Å². The van der Waals surface area contributed by atoms with E-state index in [1.807, 2.05) is 24.3 Å². The third-order valence-electron chi connectivity index (χ3n) is 2.77. The third-order valence-corrected chi connectivity index (χ3v) is 3.49. The first-order valence-electron chi connectivity index (χ1n) is 5.60. The molecule has 0 aliphatic heterocycles. The van der Waals surface area contributed by atoms with Crippen LogP contribution in [0.3, 0.4) is 0 Å². The third kappa shape index (κ3) is 3.16. The highest BCUT2D eigenvalue weighted by atomic mass is 127. The summed E-state index contributed by atoms with van der Waals surface area (Å²) in [5.41, 5.74) is 1.93. The molecule has 0 aliphatic carbocycles. The first-order valence-corrected chi connectivity index (χ1v) is 6.68. The minimum Gasteiger partial charge on any atom is -0.294 e. The monoisotopic (exact) mass is 354 g/mol. The molecule has 2 aromatic carbocycles. The van der Waals surface area contributed by atoms with Gasteiger partial charge in [0.05, 0.1) is 0 Å². The number of halogens is 2. The molecular weight excluding hydrogens is 342 g/mol.